The van der Waals surface area contributed by atoms with Crippen molar-refractivity contribution >= 4 is 5.69 Å². The van der Waals surface area contributed by atoms with E-state index in [9.17, 15) is 5.11 Å². The first-order chi connectivity index (χ1) is 18.9. The van der Waals surface area contributed by atoms with Crippen molar-refractivity contribution in [2.45, 2.75) is 75.8 Å². The quantitative estimate of drug-likeness (QED) is 0.282. The molecule has 3 aromatic rings. The number of rotatable bonds is 10. The van der Waals surface area contributed by atoms with E-state index in [1.165, 1.54) is 35.1 Å². The van der Waals surface area contributed by atoms with Crippen LogP contribution >= 0.6 is 0 Å². The largest absolute Gasteiger partial charge is 0.508 e. The summed E-state index contributed by atoms with van der Waals surface area (Å²) in [6.07, 6.45) is 8.25. The number of nitrogens with one attached hydrogen (secondary N) is 1. The molecule has 0 aromatic heterocycles. The molecule has 3 aromatic carbocycles. The van der Waals surface area contributed by atoms with E-state index < -0.39 is 0 Å². The van der Waals surface area contributed by atoms with Crippen LogP contribution in [0.25, 0.3) is 0 Å². The van der Waals surface area contributed by atoms with E-state index in [1.54, 1.807) is 20.3 Å². The Labute approximate surface area is 232 Å². The van der Waals surface area contributed by atoms with Crippen LogP contribution < -0.4 is 25.3 Å². The van der Waals surface area contributed by atoms with Crippen LogP contribution in [0.15, 0.2) is 54.6 Å². The van der Waals surface area contributed by atoms with Crippen molar-refractivity contribution in [2.75, 3.05) is 26.1 Å². The molecule has 4 N–H and O–H groups in total. The van der Waals surface area contributed by atoms with Crippen molar-refractivity contribution in [1.82, 2.24) is 0 Å². The van der Waals surface area contributed by atoms with Crippen molar-refractivity contribution in [3.8, 4) is 23.0 Å². The lowest BCUT2D eigenvalue weighted by atomic mass is 9.79. The van der Waals surface area contributed by atoms with E-state index >= 15 is 0 Å². The summed E-state index contributed by atoms with van der Waals surface area (Å²) in [6.45, 7) is 2.79. The summed E-state index contributed by atoms with van der Waals surface area (Å²) in [5.41, 5.74) is 12.4. The molecule has 0 radical (unpaired) electrons. The lowest BCUT2D eigenvalue weighted by Gasteiger charge is -2.29. The summed E-state index contributed by atoms with van der Waals surface area (Å²) in [4.78, 5) is 0. The van der Waals surface area contributed by atoms with Gasteiger partial charge in [0.25, 0.3) is 0 Å². The van der Waals surface area contributed by atoms with Crippen LogP contribution in [0.3, 0.4) is 0 Å². The lowest BCUT2D eigenvalue weighted by molar-refractivity contribution is 0.220. The highest BCUT2D eigenvalue weighted by Gasteiger charge is 2.30. The molecule has 6 heteroatoms. The van der Waals surface area contributed by atoms with Gasteiger partial charge in [-0.25, -0.2) is 0 Å². The van der Waals surface area contributed by atoms with Gasteiger partial charge in [-0.15, -0.1) is 0 Å². The van der Waals surface area contributed by atoms with Crippen LogP contribution in [0.5, 0.6) is 23.0 Å². The highest BCUT2D eigenvalue weighted by Crippen LogP contribution is 2.42. The first-order valence-corrected chi connectivity index (χ1v) is 14.2. The number of nitrogens with two attached hydrogens (primary N) is 1. The summed E-state index contributed by atoms with van der Waals surface area (Å²) in [6, 6.07) is 18.6. The number of aryl methyl sites for hydroxylation is 1. The number of anilines is 1. The topological polar surface area (TPSA) is 86.0 Å². The second-order valence-corrected chi connectivity index (χ2v) is 11.4. The Kier molecular flexibility index (Phi) is 8.22. The third-order valence-corrected chi connectivity index (χ3v) is 8.41. The van der Waals surface area contributed by atoms with Crippen LogP contribution in [-0.2, 0) is 19.3 Å². The number of fused-ring (bicyclic) bond motifs is 1. The van der Waals surface area contributed by atoms with Crippen molar-refractivity contribution in [3.05, 3.63) is 76.9 Å². The van der Waals surface area contributed by atoms with Gasteiger partial charge in [0.15, 0.2) is 11.5 Å². The fourth-order valence-corrected chi connectivity index (χ4v) is 6.21. The Morgan fingerprint density at radius 2 is 1.69 bits per heavy atom. The van der Waals surface area contributed by atoms with E-state index in [4.69, 9.17) is 19.9 Å². The van der Waals surface area contributed by atoms with Crippen LogP contribution in [0.1, 0.15) is 67.2 Å². The average Bonchev–Trinajstić information content (AvgIpc) is 3.38. The van der Waals surface area contributed by atoms with Crippen molar-refractivity contribution in [3.63, 3.8) is 0 Å². The molecule has 39 heavy (non-hydrogen) atoms. The number of hydrogen-bond donors (Lipinski definition) is 3. The van der Waals surface area contributed by atoms with Gasteiger partial charge in [-0.05, 0) is 104 Å². The molecule has 1 saturated carbocycles. The second-order valence-electron chi connectivity index (χ2n) is 11.4. The average molecular weight is 531 g/mol. The summed E-state index contributed by atoms with van der Waals surface area (Å²) in [5.74, 6) is 3.03. The molecule has 0 saturated heterocycles. The smallest absolute Gasteiger partial charge is 0.162 e. The maximum absolute atomic E-state index is 9.91. The zero-order valence-corrected chi connectivity index (χ0v) is 23.5. The maximum atomic E-state index is 9.91. The Bertz CT molecular complexity index is 1270. The van der Waals surface area contributed by atoms with Crippen molar-refractivity contribution < 1.29 is 19.3 Å². The monoisotopic (exact) mass is 530 g/mol. The number of benzene rings is 3. The molecular formula is C33H42N2O4. The zero-order chi connectivity index (χ0) is 27.4. The summed E-state index contributed by atoms with van der Waals surface area (Å²) < 4.78 is 17.4. The number of phenols is 1. The number of ether oxygens (including phenoxy) is 3. The normalized spacial score (nSPS) is 18.7. The highest BCUT2D eigenvalue weighted by molar-refractivity contribution is 5.63. The summed E-state index contributed by atoms with van der Waals surface area (Å²) >= 11 is 0. The number of hydrogen-bond acceptors (Lipinski definition) is 6. The Morgan fingerprint density at radius 3 is 2.41 bits per heavy atom. The molecule has 0 aliphatic heterocycles. The van der Waals surface area contributed by atoms with E-state index in [0.717, 1.165) is 61.5 Å². The van der Waals surface area contributed by atoms with E-state index in [-0.39, 0.29) is 11.6 Å². The molecule has 208 valence electrons. The molecule has 2 aliphatic rings. The van der Waals surface area contributed by atoms with E-state index in [1.807, 2.05) is 6.07 Å². The first kappa shape index (κ1) is 27.2. The predicted octanol–water partition coefficient (Wildman–Crippen LogP) is 6.38. The van der Waals surface area contributed by atoms with Crippen LogP contribution in [0.2, 0.25) is 0 Å². The molecular weight excluding hydrogens is 488 g/mol. The fraction of sp³-hybridized carbons (Fsp3) is 0.455. The van der Waals surface area contributed by atoms with Gasteiger partial charge in [0.2, 0.25) is 0 Å². The number of methoxy groups -OCH3 is 2. The summed E-state index contributed by atoms with van der Waals surface area (Å²) in [5, 5.41) is 13.7. The van der Waals surface area contributed by atoms with E-state index in [2.05, 4.69) is 54.7 Å². The third-order valence-electron chi connectivity index (χ3n) is 8.41. The second kappa shape index (κ2) is 11.8. The van der Waals surface area contributed by atoms with Gasteiger partial charge in [-0.3, -0.25) is 0 Å². The molecule has 0 bridgehead atoms. The molecule has 2 aliphatic carbocycles. The zero-order valence-electron chi connectivity index (χ0n) is 23.5. The van der Waals surface area contributed by atoms with Gasteiger partial charge in [0.1, 0.15) is 18.1 Å². The minimum absolute atomic E-state index is 0.170. The standard InChI is InChI=1S/C33H42N2O4/c1-22(16-23-6-12-28(13-7-23)39-21-33(34)14-4-5-15-33)35-30-20-32(38-3)31(37-2)19-29(30)26-9-8-25-18-27(36)11-10-24(25)17-26/h6-7,10-13,18-20,22,26,35-36H,4-5,8-9,14-17,21,34H2,1-3H3. The SMILES string of the molecule is COc1cc(NC(C)Cc2ccc(OCC3(N)CCCC3)cc2)c(C2CCc3cc(O)ccc3C2)cc1OC. The molecule has 0 spiro atoms. The van der Waals surface area contributed by atoms with Crippen LogP contribution in [0.4, 0.5) is 5.69 Å². The van der Waals surface area contributed by atoms with Gasteiger partial charge in [-0.2, -0.15) is 0 Å². The van der Waals surface area contributed by atoms with Gasteiger partial charge >= 0.3 is 0 Å². The maximum Gasteiger partial charge on any atom is 0.162 e. The van der Waals surface area contributed by atoms with Crippen molar-refractivity contribution in [2.24, 2.45) is 5.73 Å². The van der Waals surface area contributed by atoms with Gasteiger partial charge in [-0.1, -0.05) is 31.0 Å². The van der Waals surface area contributed by atoms with Gasteiger partial charge < -0.3 is 30.4 Å². The highest BCUT2D eigenvalue weighted by atomic mass is 16.5. The molecule has 1 fully saturated rings. The molecule has 2 unspecified atom stereocenters. The third kappa shape index (κ3) is 6.44. The number of phenolic OH excluding ortho intramolecular Hbond substituents is 1. The molecule has 0 amide bonds. The Balaban J connectivity index is 1.28. The molecule has 0 heterocycles. The van der Waals surface area contributed by atoms with Crippen LogP contribution in [-0.4, -0.2) is 37.5 Å². The fourth-order valence-electron chi connectivity index (χ4n) is 6.21. The molecule has 2 atom stereocenters. The van der Waals surface area contributed by atoms with Crippen molar-refractivity contribution in [1.29, 1.82) is 0 Å². The van der Waals surface area contributed by atoms with E-state index in [0.29, 0.717) is 18.3 Å². The Morgan fingerprint density at radius 1 is 0.974 bits per heavy atom. The summed E-state index contributed by atoms with van der Waals surface area (Å²) in [7, 11) is 3.36. The van der Waals surface area contributed by atoms with Gasteiger partial charge in [0, 0.05) is 17.8 Å². The first-order valence-electron chi connectivity index (χ1n) is 14.2. The number of aromatic hydroxyl groups is 1. The van der Waals surface area contributed by atoms with Crippen LogP contribution in [0, 0.1) is 0 Å². The Hall–Kier alpha value is -3.38. The minimum atomic E-state index is -0.170. The lowest BCUT2D eigenvalue weighted by Crippen LogP contribution is -2.42. The minimum Gasteiger partial charge on any atom is -0.508 e. The molecule has 6 nitrogen and oxygen atoms in total. The van der Waals surface area contributed by atoms with Gasteiger partial charge in [0.05, 0.1) is 19.8 Å². The predicted molar refractivity (Wildman–Crippen MR) is 157 cm³/mol. The molecule has 5 rings (SSSR count).